The van der Waals surface area contributed by atoms with Gasteiger partial charge in [-0.05, 0) is 24.5 Å². The van der Waals surface area contributed by atoms with E-state index in [0.717, 1.165) is 51.8 Å². The average molecular weight is 323 g/mol. The highest BCUT2D eigenvalue weighted by Crippen LogP contribution is 2.19. The highest BCUT2D eigenvalue weighted by Gasteiger charge is 2.30. The van der Waals surface area contributed by atoms with E-state index in [0.29, 0.717) is 6.04 Å². The Morgan fingerprint density at radius 3 is 2.78 bits per heavy atom. The molecule has 3 rings (SSSR count). The van der Waals surface area contributed by atoms with E-state index in [2.05, 4.69) is 10.2 Å². The summed E-state index contributed by atoms with van der Waals surface area (Å²) in [6.45, 7) is 5.58. The van der Waals surface area contributed by atoms with Gasteiger partial charge in [-0.3, -0.25) is 9.69 Å². The van der Waals surface area contributed by atoms with Gasteiger partial charge in [0.05, 0.1) is 0 Å². The number of piperazine rings is 1. The molecule has 0 radical (unpaired) electrons. The van der Waals surface area contributed by atoms with E-state index < -0.39 is 11.6 Å². The fraction of sp³-hybridized carbons (Fsp3) is 0.588. The minimum absolute atomic E-state index is 0.0336. The van der Waals surface area contributed by atoms with E-state index in [9.17, 15) is 13.6 Å². The summed E-state index contributed by atoms with van der Waals surface area (Å²) >= 11 is 0. The zero-order chi connectivity index (χ0) is 16.2. The van der Waals surface area contributed by atoms with E-state index in [-0.39, 0.29) is 24.3 Å². The molecular weight excluding hydrogens is 300 g/mol. The van der Waals surface area contributed by atoms with Gasteiger partial charge in [0.1, 0.15) is 0 Å². The number of halogens is 2. The van der Waals surface area contributed by atoms with Gasteiger partial charge in [-0.25, -0.2) is 8.78 Å². The van der Waals surface area contributed by atoms with Gasteiger partial charge in [-0.2, -0.15) is 0 Å². The minimum atomic E-state index is -0.852. The van der Waals surface area contributed by atoms with Crippen molar-refractivity contribution in [1.29, 1.82) is 0 Å². The third-order valence-electron chi connectivity index (χ3n) is 4.82. The van der Waals surface area contributed by atoms with E-state index in [4.69, 9.17) is 0 Å². The van der Waals surface area contributed by atoms with Crippen LogP contribution in [0.5, 0.6) is 0 Å². The van der Waals surface area contributed by atoms with Gasteiger partial charge in [0.25, 0.3) is 0 Å². The van der Waals surface area contributed by atoms with Crippen molar-refractivity contribution in [1.82, 2.24) is 15.1 Å². The number of rotatable bonds is 4. The Balaban J connectivity index is 1.50. The molecule has 0 aromatic heterocycles. The van der Waals surface area contributed by atoms with Crippen LogP contribution in [0.15, 0.2) is 18.2 Å². The van der Waals surface area contributed by atoms with Crippen molar-refractivity contribution in [3.63, 3.8) is 0 Å². The van der Waals surface area contributed by atoms with Crippen molar-refractivity contribution in [3.05, 3.63) is 35.4 Å². The van der Waals surface area contributed by atoms with Crippen LogP contribution in [0.3, 0.4) is 0 Å². The van der Waals surface area contributed by atoms with E-state index >= 15 is 0 Å². The Bertz CT molecular complexity index is 561. The van der Waals surface area contributed by atoms with Crippen molar-refractivity contribution in [2.75, 3.05) is 39.3 Å². The summed E-state index contributed by atoms with van der Waals surface area (Å²) in [7, 11) is 0. The third-order valence-corrected chi connectivity index (χ3v) is 4.82. The third kappa shape index (κ3) is 3.87. The molecule has 23 heavy (non-hydrogen) atoms. The van der Waals surface area contributed by atoms with Crippen molar-refractivity contribution in [2.45, 2.75) is 25.3 Å². The Morgan fingerprint density at radius 1 is 1.22 bits per heavy atom. The van der Waals surface area contributed by atoms with Crippen LogP contribution in [0.4, 0.5) is 8.78 Å². The van der Waals surface area contributed by atoms with Gasteiger partial charge < -0.3 is 10.2 Å². The van der Waals surface area contributed by atoms with Crippen LogP contribution >= 0.6 is 0 Å². The Hall–Kier alpha value is -1.53. The lowest BCUT2D eigenvalue weighted by atomic mass is 10.1. The second-order valence-corrected chi connectivity index (χ2v) is 6.28. The van der Waals surface area contributed by atoms with Gasteiger partial charge in [0, 0.05) is 51.7 Å². The largest absolute Gasteiger partial charge is 0.341 e. The molecule has 0 aliphatic carbocycles. The zero-order valence-electron chi connectivity index (χ0n) is 13.2. The minimum Gasteiger partial charge on any atom is -0.341 e. The predicted molar refractivity (Wildman–Crippen MR) is 84.1 cm³/mol. The topological polar surface area (TPSA) is 35.6 Å². The summed E-state index contributed by atoms with van der Waals surface area (Å²) in [6.07, 6.45) is 1.48. The van der Waals surface area contributed by atoms with Gasteiger partial charge in [-0.15, -0.1) is 0 Å². The molecule has 1 aromatic carbocycles. The van der Waals surface area contributed by atoms with Crippen LogP contribution in [-0.2, 0) is 11.2 Å². The molecule has 1 N–H and O–H groups in total. The zero-order valence-corrected chi connectivity index (χ0v) is 13.2. The molecule has 2 heterocycles. The van der Waals surface area contributed by atoms with Gasteiger partial charge >= 0.3 is 0 Å². The van der Waals surface area contributed by atoms with Crippen LogP contribution in [-0.4, -0.2) is 61.0 Å². The monoisotopic (exact) mass is 323 g/mol. The molecule has 2 fully saturated rings. The molecule has 0 spiro atoms. The summed E-state index contributed by atoms with van der Waals surface area (Å²) in [5.41, 5.74) is 0.274. The van der Waals surface area contributed by atoms with Crippen molar-refractivity contribution >= 4 is 5.91 Å². The highest BCUT2D eigenvalue weighted by atomic mass is 19.2. The number of nitrogens with one attached hydrogen (secondary N) is 1. The maximum atomic E-state index is 13.6. The molecule has 2 aliphatic heterocycles. The molecule has 0 saturated carbocycles. The van der Waals surface area contributed by atoms with Crippen molar-refractivity contribution in [2.24, 2.45) is 0 Å². The van der Waals surface area contributed by atoms with Crippen LogP contribution in [0.1, 0.15) is 18.4 Å². The van der Waals surface area contributed by atoms with Crippen molar-refractivity contribution in [3.8, 4) is 0 Å². The fourth-order valence-electron chi connectivity index (χ4n) is 3.45. The molecule has 6 heteroatoms. The Morgan fingerprint density at radius 2 is 2.00 bits per heavy atom. The fourth-order valence-corrected chi connectivity index (χ4v) is 3.45. The molecule has 1 atom stereocenters. The molecule has 1 aromatic rings. The smallest absolute Gasteiger partial charge is 0.222 e. The number of likely N-dealkylation sites (tertiary alicyclic amines) is 1. The molecule has 4 nitrogen and oxygen atoms in total. The van der Waals surface area contributed by atoms with Gasteiger partial charge in [-0.1, -0.05) is 12.1 Å². The Labute approximate surface area is 135 Å². The number of carbonyl (C=O) groups is 1. The first-order valence-corrected chi connectivity index (χ1v) is 8.30. The summed E-state index contributed by atoms with van der Waals surface area (Å²) in [4.78, 5) is 16.6. The quantitative estimate of drug-likeness (QED) is 0.910. The summed E-state index contributed by atoms with van der Waals surface area (Å²) < 4.78 is 26.8. The summed E-state index contributed by atoms with van der Waals surface area (Å²) in [6, 6.07) is 4.55. The van der Waals surface area contributed by atoms with Crippen LogP contribution < -0.4 is 5.32 Å². The van der Waals surface area contributed by atoms with Crippen LogP contribution in [0, 0.1) is 11.6 Å². The molecular formula is C17H23F2N3O. The van der Waals surface area contributed by atoms with E-state index in [1.54, 1.807) is 6.07 Å². The number of benzene rings is 1. The lowest BCUT2D eigenvalue weighted by Gasteiger charge is -2.32. The first kappa shape index (κ1) is 16.3. The average Bonchev–Trinajstić information content (AvgIpc) is 3.07. The molecule has 0 bridgehead atoms. The second kappa shape index (κ2) is 7.36. The number of hydrogen-bond acceptors (Lipinski definition) is 3. The summed E-state index contributed by atoms with van der Waals surface area (Å²) in [5, 5.41) is 3.33. The highest BCUT2D eigenvalue weighted by molar-refractivity contribution is 5.76. The number of nitrogens with zero attached hydrogens (tertiary/aromatic N) is 2. The van der Waals surface area contributed by atoms with Crippen LogP contribution in [0.2, 0.25) is 0 Å². The number of aryl methyl sites for hydroxylation is 1. The SMILES string of the molecule is O=C(CCc1cccc(F)c1F)N1CCC(N2CCNCC2)C1. The molecule has 126 valence electrons. The number of amides is 1. The molecule has 1 unspecified atom stereocenters. The molecule has 1 amide bonds. The van der Waals surface area contributed by atoms with E-state index in [1.165, 1.54) is 6.07 Å². The lowest BCUT2D eigenvalue weighted by molar-refractivity contribution is -0.130. The van der Waals surface area contributed by atoms with Crippen LogP contribution in [0.25, 0.3) is 0 Å². The van der Waals surface area contributed by atoms with Gasteiger partial charge in [0.15, 0.2) is 11.6 Å². The number of hydrogen-bond donors (Lipinski definition) is 1. The first-order valence-electron chi connectivity index (χ1n) is 8.30. The standard InChI is InChI=1S/C17H23F2N3O/c18-15-3-1-2-13(17(15)19)4-5-16(23)22-9-6-14(12-22)21-10-7-20-8-11-21/h1-3,14,20H,4-12H2. The predicted octanol–water partition coefficient (Wildman–Crippen LogP) is 1.40. The van der Waals surface area contributed by atoms with E-state index in [1.807, 2.05) is 4.90 Å². The second-order valence-electron chi connectivity index (χ2n) is 6.28. The maximum absolute atomic E-state index is 13.6. The van der Waals surface area contributed by atoms with Gasteiger partial charge in [0.2, 0.25) is 5.91 Å². The number of carbonyl (C=O) groups excluding carboxylic acids is 1. The summed E-state index contributed by atoms with van der Waals surface area (Å²) in [5.74, 6) is -1.65. The van der Waals surface area contributed by atoms with Crippen molar-refractivity contribution < 1.29 is 13.6 Å². The Kier molecular flexibility index (Phi) is 5.23. The molecule has 2 aliphatic rings. The maximum Gasteiger partial charge on any atom is 0.222 e. The first-order chi connectivity index (χ1) is 11.1. The molecule has 2 saturated heterocycles. The lowest BCUT2D eigenvalue weighted by Crippen LogP contribution is -2.49. The normalized spacial score (nSPS) is 22.5.